The summed E-state index contributed by atoms with van der Waals surface area (Å²) in [5, 5.41) is 38.9. The molecule has 0 amide bonds. The van der Waals surface area contributed by atoms with E-state index in [4.69, 9.17) is 0 Å². The van der Waals surface area contributed by atoms with Gasteiger partial charge in [0.1, 0.15) is 0 Å². The smallest absolute Gasteiger partial charge is 0.0992 e. The molecule has 40 heavy (non-hydrogen) atoms. The molecule has 1 heterocycles. The van der Waals surface area contributed by atoms with Crippen molar-refractivity contribution in [3.63, 3.8) is 0 Å². The summed E-state index contributed by atoms with van der Waals surface area (Å²) in [7, 11) is 0. The van der Waals surface area contributed by atoms with Crippen molar-refractivity contribution in [3.05, 3.63) is 142 Å². The van der Waals surface area contributed by atoms with Gasteiger partial charge in [-0.15, -0.1) is 0 Å². The number of rotatable bonds is 3. The lowest BCUT2D eigenvalue weighted by Gasteiger charge is -2.31. The second-order valence-corrected chi connectivity index (χ2v) is 10.5. The van der Waals surface area contributed by atoms with Crippen LogP contribution in [0.5, 0.6) is 0 Å². The van der Waals surface area contributed by atoms with E-state index in [1.165, 1.54) is 0 Å². The number of fused-ring (bicyclic) bond motifs is 2. The van der Waals surface area contributed by atoms with Crippen LogP contribution in [-0.4, -0.2) is 0 Å². The average molecular weight is 527 g/mol. The maximum atomic E-state index is 9.73. The van der Waals surface area contributed by atoms with Crippen LogP contribution in [0, 0.1) is 45.3 Å². The van der Waals surface area contributed by atoms with Gasteiger partial charge in [-0.05, 0) is 87.5 Å². The minimum Gasteiger partial charge on any atom is -0.192 e. The molecule has 6 rings (SSSR count). The highest BCUT2D eigenvalue weighted by molar-refractivity contribution is 7.99. The lowest BCUT2D eigenvalue weighted by molar-refractivity contribution is 0.905. The molecule has 5 aromatic carbocycles. The van der Waals surface area contributed by atoms with Crippen LogP contribution in [-0.2, 0) is 0 Å². The van der Waals surface area contributed by atoms with E-state index in [2.05, 4.69) is 48.5 Å². The van der Waals surface area contributed by atoms with Crippen LogP contribution in [0.3, 0.4) is 0 Å². The van der Waals surface area contributed by atoms with Gasteiger partial charge in [0.2, 0.25) is 0 Å². The molecular formula is C35H18N4S. The summed E-state index contributed by atoms with van der Waals surface area (Å²) in [5.74, 6) is -0.174. The minimum atomic E-state index is -0.174. The van der Waals surface area contributed by atoms with Crippen molar-refractivity contribution in [2.75, 3.05) is 0 Å². The Morgan fingerprint density at radius 3 is 1.27 bits per heavy atom. The van der Waals surface area contributed by atoms with Crippen molar-refractivity contribution in [3.8, 4) is 46.5 Å². The zero-order valence-electron chi connectivity index (χ0n) is 21.1. The van der Waals surface area contributed by atoms with Gasteiger partial charge >= 0.3 is 0 Å². The highest BCUT2D eigenvalue weighted by Gasteiger charge is 2.31. The predicted octanol–water partition coefficient (Wildman–Crippen LogP) is 8.15. The quantitative estimate of drug-likeness (QED) is 0.232. The number of nitrogens with zero attached hydrogens (tertiary/aromatic N) is 4. The van der Waals surface area contributed by atoms with Gasteiger partial charge < -0.3 is 0 Å². The molecule has 0 radical (unpaired) electrons. The molecule has 0 aromatic heterocycles. The van der Waals surface area contributed by atoms with E-state index in [1.807, 2.05) is 66.7 Å². The summed E-state index contributed by atoms with van der Waals surface area (Å²) in [6, 6.07) is 41.8. The Bertz CT molecular complexity index is 1790. The standard InChI is InChI=1S/C35H18N4S/c36-18-22-12-23(19-37)15-26(14-22)28-8-5-9-29(27-16-24(20-38)13-25(17-27)21-39)34(28)35-30-6-1-3-10-32(30)40-33-11-4-2-7-31(33)35/h1-17,35H. The molecule has 1 aliphatic rings. The number of nitriles is 4. The lowest BCUT2D eigenvalue weighted by Crippen LogP contribution is -2.12. The summed E-state index contributed by atoms with van der Waals surface area (Å²) in [6.07, 6.45) is 0. The summed E-state index contributed by atoms with van der Waals surface area (Å²) in [6.45, 7) is 0. The Balaban J connectivity index is 1.75. The molecule has 184 valence electrons. The van der Waals surface area contributed by atoms with Crippen LogP contribution < -0.4 is 0 Å². The fraction of sp³-hybridized carbons (Fsp3) is 0.0286. The fourth-order valence-electron chi connectivity index (χ4n) is 5.42. The van der Waals surface area contributed by atoms with Gasteiger partial charge in [-0.25, -0.2) is 0 Å². The second kappa shape index (κ2) is 10.3. The fourth-order valence-corrected chi connectivity index (χ4v) is 6.56. The molecule has 0 N–H and O–H groups in total. The first-order valence-corrected chi connectivity index (χ1v) is 13.3. The van der Waals surface area contributed by atoms with Crippen molar-refractivity contribution < 1.29 is 0 Å². The second-order valence-electron chi connectivity index (χ2n) is 9.42. The van der Waals surface area contributed by atoms with Gasteiger partial charge in [0.15, 0.2) is 0 Å². The van der Waals surface area contributed by atoms with Gasteiger partial charge in [0, 0.05) is 15.7 Å². The zero-order chi connectivity index (χ0) is 27.6. The summed E-state index contributed by atoms with van der Waals surface area (Å²) in [4.78, 5) is 2.30. The third-order valence-corrected chi connectivity index (χ3v) is 8.26. The summed E-state index contributed by atoms with van der Waals surface area (Å²) < 4.78 is 0. The van der Waals surface area contributed by atoms with Gasteiger partial charge in [-0.2, -0.15) is 21.0 Å². The molecule has 0 atom stereocenters. The van der Waals surface area contributed by atoms with Crippen LogP contribution in [0.1, 0.15) is 44.9 Å². The summed E-state index contributed by atoms with van der Waals surface area (Å²) in [5.41, 5.74) is 8.19. The Hall–Kier alpha value is -5.59. The van der Waals surface area contributed by atoms with E-state index in [1.54, 1.807) is 23.9 Å². The maximum absolute atomic E-state index is 9.73. The molecule has 0 fully saturated rings. The number of hydrogen-bond donors (Lipinski definition) is 0. The largest absolute Gasteiger partial charge is 0.192 e. The molecule has 5 heteroatoms. The average Bonchev–Trinajstić information content (AvgIpc) is 3.02. The van der Waals surface area contributed by atoms with Crippen molar-refractivity contribution >= 4 is 11.8 Å². The molecule has 1 aliphatic heterocycles. The third kappa shape index (κ3) is 4.28. The first-order chi connectivity index (χ1) is 19.6. The van der Waals surface area contributed by atoms with Gasteiger partial charge in [0.05, 0.1) is 46.5 Å². The topological polar surface area (TPSA) is 95.2 Å². The third-order valence-electron chi connectivity index (χ3n) is 7.08. The Kier molecular flexibility index (Phi) is 6.36. The van der Waals surface area contributed by atoms with E-state index >= 15 is 0 Å². The van der Waals surface area contributed by atoms with E-state index in [0.717, 1.165) is 48.7 Å². The Labute approximate surface area is 236 Å². The minimum absolute atomic E-state index is 0.174. The molecule has 0 bridgehead atoms. The first kappa shape index (κ1) is 24.7. The number of hydrogen-bond acceptors (Lipinski definition) is 5. The zero-order valence-corrected chi connectivity index (χ0v) is 21.9. The summed E-state index contributed by atoms with van der Waals surface area (Å²) >= 11 is 1.74. The lowest BCUT2D eigenvalue weighted by atomic mass is 9.77. The Morgan fingerprint density at radius 1 is 0.475 bits per heavy atom. The molecule has 5 aromatic rings. The maximum Gasteiger partial charge on any atom is 0.0992 e. The number of benzene rings is 5. The molecule has 0 saturated heterocycles. The Morgan fingerprint density at radius 2 is 0.875 bits per heavy atom. The SMILES string of the molecule is N#Cc1cc(C#N)cc(-c2cccc(-c3cc(C#N)cc(C#N)c3)c2C2c3ccccc3Sc3ccccc32)c1. The van der Waals surface area contributed by atoms with Crippen LogP contribution in [0.15, 0.2) is 113 Å². The highest BCUT2D eigenvalue weighted by Crippen LogP contribution is 2.52. The predicted molar refractivity (Wildman–Crippen MR) is 154 cm³/mol. The van der Waals surface area contributed by atoms with E-state index in [9.17, 15) is 21.0 Å². The molecule has 0 aliphatic carbocycles. The van der Waals surface area contributed by atoms with E-state index < -0.39 is 0 Å². The molecule has 0 unspecified atom stereocenters. The van der Waals surface area contributed by atoms with Crippen LogP contribution in [0.25, 0.3) is 22.3 Å². The van der Waals surface area contributed by atoms with Crippen LogP contribution >= 0.6 is 11.8 Å². The molecule has 0 saturated carbocycles. The van der Waals surface area contributed by atoms with Gasteiger partial charge in [-0.1, -0.05) is 66.4 Å². The van der Waals surface area contributed by atoms with Crippen molar-refractivity contribution in [2.24, 2.45) is 0 Å². The van der Waals surface area contributed by atoms with Crippen molar-refractivity contribution in [1.29, 1.82) is 21.0 Å². The normalized spacial score (nSPS) is 11.7. The monoisotopic (exact) mass is 526 g/mol. The van der Waals surface area contributed by atoms with Crippen molar-refractivity contribution in [1.82, 2.24) is 0 Å². The molecular weight excluding hydrogens is 508 g/mol. The van der Waals surface area contributed by atoms with Gasteiger partial charge in [0.25, 0.3) is 0 Å². The van der Waals surface area contributed by atoms with E-state index in [0.29, 0.717) is 22.3 Å². The first-order valence-electron chi connectivity index (χ1n) is 12.5. The van der Waals surface area contributed by atoms with E-state index in [-0.39, 0.29) is 5.92 Å². The van der Waals surface area contributed by atoms with Gasteiger partial charge in [-0.3, -0.25) is 0 Å². The van der Waals surface area contributed by atoms with Crippen LogP contribution in [0.2, 0.25) is 0 Å². The molecule has 0 spiro atoms. The van der Waals surface area contributed by atoms with Crippen molar-refractivity contribution in [2.45, 2.75) is 15.7 Å². The highest BCUT2D eigenvalue weighted by atomic mass is 32.2. The van der Waals surface area contributed by atoms with Crippen LogP contribution in [0.4, 0.5) is 0 Å². The molecule has 4 nitrogen and oxygen atoms in total.